The van der Waals surface area contributed by atoms with E-state index in [9.17, 15) is 4.79 Å². The summed E-state index contributed by atoms with van der Waals surface area (Å²) in [7, 11) is 1.91. The van der Waals surface area contributed by atoms with Crippen LogP contribution >= 0.6 is 0 Å². The molecule has 1 atom stereocenters. The van der Waals surface area contributed by atoms with E-state index in [1.807, 2.05) is 30.1 Å². The Morgan fingerprint density at radius 2 is 2.33 bits per heavy atom. The van der Waals surface area contributed by atoms with Gasteiger partial charge in [-0.2, -0.15) is 5.10 Å². The third kappa shape index (κ3) is 1.72. The molecule has 1 fully saturated rings. The van der Waals surface area contributed by atoms with Crippen molar-refractivity contribution in [2.75, 3.05) is 18.0 Å². The van der Waals surface area contributed by atoms with Crippen molar-refractivity contribution in [3.8, 4) is 0 Å². The number of aryl methyl sites for hydroxylation is 1. The number of carboxylic acids is 1. The molecule has 0 bridgehead atoms. The van der Waals surface area contributed by atoms with E-state index in [0.717, 1.165) is 29.6 Å². The summed E-state index contributed by atoms with van der Waals surface area (Å²) < 4.78 is 1.84. The highest BCUT2D eigenvalue weighted by Crippen LogP contribution is 2.27. The minimum Gasteiger partial charge on any atom is -0.481 e. The van der Waals surface area contributed by atoms with Gasteiger partial charge in [-0.15, -0.1) is 0 Å². The molecule has 5 heteroatoms. The van der Waals surface area contributed by atoms with Crippen molar-refractivity contribution in [1.82, 2.24) is 9.78 Å². The quantitative estimate of drug-likeness (QED) is 0.870. The largest absolute Gasteiger partial charge is 0.481 e. The first kappa shape index (κ1) is 11.1. The van der Waals surface area contributed by atoms with Crippen molar-refractivity contribution in [2.24, 2.45) is 13.0 Å². The summed E-state index contributed by atoms with van der Waals surface area (Å²) in [6, 6.07) is 6.15. The zero-order valence-corrected chi connectivity index (χ0v) is 10.2. The third-order valence-corrected chi connectivity index (χ3v) is 3.64. The smallest absolute Gasteiger partial charge is 0.308 e. The summed E-state index contributed by atoms with van der Waals surface area (Å²) >= 11 is 0. The second kappa shape index (κ2) is 4.01. The molecule has 5 nitrogen and oxygen atoms in total. The molecule has 1 aromatic carbocycles. The average molecular weight is 245 g/mol. The van der Waals surface area contributed by atoms with Crippen LogP contribution in [0.3, 0.4) is 0 Å². The number of anilines is 1. The molecule has 1 N–H and O–H groups in total. The van der Waals surface area contributed by atoms with Crippen molar-refractivity contribution >= 4 is 22.6 Å². The summed E-state index contributed by atoms with van der Waals surface area (Å²) in [5.41, 5.74) is 2.15. The van der Waals surface area contributed by atoms with Gasteiger partial charge in [-0.05, 0) is 24.6 Å². The number of rotatable bonds is 2. The Kier molecular flexibility index (Phi) is 2.47. The van der Waals surface area contributed by atoms with Gasteiger partial charge in [0.2, 0.25) is 0 Å². The molecule has 2 heterocycles. The molecule has 1 aromatic heterocycles. The van der Waals surface area contributed by atoms with Crippen LogP contribution in [-0.4, -0.2) is 33.9 Å². The monoisotopic (exact) mass is 245 g/mol. The van der Waals surface area contributed by atoms with Gasteiger partial charge in [0, 0.05) is 31.2 Å². The fourth-order valence-corrected chi connectivity index (χ4v) is 2.53. The summed E-state index contributed by atoms with van der Waals surface area (Å²) in [6.07, 6.45) is 2.56. The molecule has 2 aromatic rings. The maximum Gasteiger partial charge on any atom is 0.308 e. The van der Waals surface area contributed by atoms with Crippen LogP contribution in [-0.2, 0) is 11.8 Å². The maximum absolute atomic E-state index is 11.0. The lowest BCUT2D eigenvalue weighted by molar-refractivity contribution is -0.140. The van der Waals surface area contributed by atoms with E-state index < -0.39 is 5.97 Å². The predicted molar refractivity (Wildman–Crippen MR) is 68.7 cm³/mol. The van der Waals surface area contributed by atoms with Crippen LogP contribution in [0.15, 0.2) is 24.4 Å². The summed E-state index contributed by atoms with van der Waals surface area (Å²) in [4.78, 5) is 13.1. The number of aliphatic carboxylic acids is 1. The zero-order chi connectivity index (χ0) is 12.7. The topological polar surface area (TPSA) is 58.4 Å². The number of nitrogens with zero attached hydrogens (tertiary/aromatic N) is 3. The standard InChI is InChI=1S/C13H15N3O2/c1-15-12-6-11(3-2-9(12)7-14-15)16-5-4-10(8-16)13(17)18/h2-3,6-7,10H,4-5,8H2,1H3,(H,17,18). The molecular weight excluding hydrogens is 230 g/mol. The molecule has 94 valence electrons. The fraction of sp³-hybridized carbons (Fsp3) is 0.385. The van der Waals surface area contributed by atoms with E-state index in [0.29, 0.717) is 6.54 Å². The lowest BCUT2D eigenvalue weighted by Crippen LogP contribution is -2.22. The predicted octanol–water partition coefficient (Wildman–Crippen LogP) is 1.48. The number of carbonyl (C=O) groups is 1. The Bertz CT molecular complexity index is 605. The van der Waals surface area contributed by atoms with Crippen LogP contribution in [0.5, 0.6) is 0 Å². The second-order valence-electron chi connectivity index (χ2n) is 4.78. The highest BCUT2D eigenvalue weighted by atomic mass is 16.4. The Labute approximate surface area is 105 Å². The van der Waals surface area contributed by atoms with Gasteiger partial charge in [0.05, 0.1) is 17.6 Å². The van der Waals surface area contributed by atoms with Gasteiger partial charge in [-0.3, -0.25) is 9.48 Å². The van der Waals surface area contributed by atoms with Gasteiger partial charge in [0.1, 0.15) is 0 Å². The number of carboxylic acid groups (broad SMARTS) is 1. The van der Waals surface area contributed by atoms with Gasteiger partial charge < -0.3 is 10.0 Å². The number of hydrogen-bond acceptors (Lipinski definition) is 3. The highest BCUT2D eigenvalue weighted by molar-refractivity contribution is 5.83. The fourth-order valence-electron chi connectivity index (χ4n) is 2.53. The normalized spacial score (nSPS) is 19.6. The van der Waals surface area contributed by atoms with Gasteiger partial charge in [0.15, 0.2) is 0 Å². The van der Waals surface area contributed by atoms with Crippen LogP contribution in [0.2, 0.25) is 0 Å². The summed E-state index contributed by atoms with van der Waals surface area (Å²) in [6.45, 7) is 1.40. The van der Waals surface area contributed by atoms with Gasteiger partial charge in [0.25, 0.3) is 0 Å². The first-order valence-electron chi connectivity index (χ1n) is 6.04. The van der Waals surface area contributed by atoms with Crippen LogP contribution in [0.4, 0.5) is 5.69 Å². The van der Waals surface area contributed by atoms with Crippen LogP contribution in [0.1, 0.15) is 6.42 Å². The molecule has 0 saturated carbocycles. The number of aromatic nitrogens is 2. The SMILES string of the molecule is Cn1ncc2ccc(N3CCC(C(=O)O)C3)cc21. The number of benzene rings is 1. The van der Waals surface area contributed by atoms with Crippen molar-refractivity contribution in [2.45, 2.75) is 6.42 Å². The lowest BCUT2D eigenvalue weighted by Gasteiger charge is -2.18. The van der Waals surface area contributed by atoms with Crippen LogP contribution < -0.4 is 4.90 Å². The van der Waals surface area contributed by atoms with E-state index >= 15 is 0 Å². The highest BCUT2D eigenvalue weighted by Gasteiger charge is 2.28. The summed E-state index contributed by atoms with van der Waals surface area (Å²) in [5, 5.41) is 14.3. The van der Waals surface area contributed by atoms with E-state index in [-0.39, 0.29) is 5.92 Å². The molecule has 18 heavy (non-hydrogen) atoms. The Morgan fingerprint density at radius 1 is 1.50 bits per heavy atom. The van der Waals surface area contributed by atoms with Crippen molar-refractivity contribution in [3.05, 3.63) is 24.4 Å². The molecule has 1 unspecified atom stereocenters. The van der Waals surface area contributed by atoms with Gasteiger partial charge in [-0.25, -0.2) is 0 Å². The Morgan fingerprint density at radius 3 is 3.06 bits per heavy atom. The van der Waals surface area contributed by atoms with E-state index in [4.69, 9.17) is 5.11 Å². The van der Waals surface area contributed by atoms with Crippen molar-refractivity contribution < 1.29 is 9.90 Å². The third-order valence-electron chi connectivity index (χ3n) is 3.64. The van der Waals surface area contributed by atoms with Gasteiger partial charge >= 0.3 is 5.97 Å². The molecule has 0 radical (unpaired) electrons. The minimum absolute atomic E-state index is 0.243. The summed E-state index contributed by atoms with van der Waals surface area (Å²) in [5.74, 6) is -0.939. The maximum atomic E-state index is 11.0. The van der Waals surface area contributed by atoms with Crippen molar-refractivity contribution in [3.63, 3.8) is 0 Å². The Balaban J connectivity index is 1.91. The Hall–Kier alpha value is -2.04. The number of fused-ring (bicyclic) bond motifs is 1. The van der Waals surface area contributed by atoms with Crippen molar-refractivity contribution in [1.29, 1.82) is 0 Å². The van der Waals surface area contributed by atoms with Gasteiger partial charge in [-0.1, -0.05) is 0 Å². The second-order valence-corrected chi connectivity index (χ2v) is 4.78. The van der Waals surface area contributed by atoms with E-state index in [1.165, 1.54) is 0 Å². The molecule has 1 aliphatic heterocycles. The van der Waals surface area contributed by atoms with Crippen LogP contribution in [0, 0.1) is 5.92 Å². The average Bonchev–Trinajstić information content (AvgIpc) is 2.96. The van der Waals surface area contributed by atoms with E-state index in [1.54, 1.807) is 0 Å². The molecular formula is C13H15N3O2. The molecule has 0 spiro atoms. The minimum atomic E-state index is -0.695. The molecule has 0 amide bonds. The molecule has 1 aliphatic rings. The van der Waals surface area contributed by atoms with Crippen LogP contribution in [0.25, 0.3) is 10.9 Å². The zero-order valence-electron chi connectivity index (χ0n) is 10.2. The number of hydrogen-bond donors (Lipinski definition) is 1. The first-order chi connectivity index (χ1) is 8.65. The van der Waals surface area contributed by atoms with E-state index in [2.05, 4.69) is 16.1 Å². The first-order valence-corrected chi connectivity index (χ1v) is 6.04. The molecule has 0 aliphatic carbocycles. The lowest BCUT2D eigenvalue weighted by atomic mass is 10.1. The molecule has 3 rings (SSSR count). The molecule has 1 saturated heterocycles.